The fourth-order valence-electron chi connectivity index (χ4n) is 4.00. The zero-order valence-corrected chi connectivity index (χ0v) is 12.8. The van der Waals surface area contributed by atoms with Gasteiger partial charge in [-0.25, -0.2) is 4.98 Å². The summed E-state index contributed by atoms with van der Waals surface area (Å²) in [5, 5.41) is 3.52. The van der Waals surface area contributed by atoms with Crippen molar-refractivity contribution in [1.29, 1.82) is 0 Å². The van der Waals surface area contributed by atoms with Crippen LogP contribution in [-0.2, 0) is 5.41 Å². The molecule has 1 saturated heterocycles. The van der Waals surface area contributed by atoms with E-state index in [9.17, 15) is 0 Å². The molecule has 1 saturated carbocycles. The van der Waals surface area contributed by atoms with E-state index >= 15 is 0 Å². The molecule has 0 bridgehead atoms. The fourth-order valence-corrected chi connectivity index (χ4v) is 4.00. The number of fused-ring (bicyclic) bond motifs is 1. The number of imidazole rings is 1. The van der Waals surface area contributed by atoms with E-state index in [4.69, 9.17) is 4.98 Å². The monoisotopic (exact) mass is 284 g/mol. The van der Waals surface area contributed by atoms with Crippen LogP contribution < -0.4 is 5.32 Å². The average molecular weight is 284 g/mol. The van der Waals surface area contributed by atoms with E-state index in [2.05, 4.69) is 27.9 Å². The van der Waals surface area contributed by atoms with Crippen molar-refractivity contribution < 1.29 is 0 Å². The molecular weight excluding hydrogens is 260 g/mol. The lowest BCUT2D eigenvalue weighted by Gasteiger charge is -2.37. The van der Waals surface area contributed by atoms with Gasteiger partial charge in [0, 0.05) is 17.7 Å². The van der Waals surface area contributed by atoms with Crippen LogP contribution >= 0.6 is 0 Å². The normalized spacial score (nSPS) is 21.8. The summed E-state index contributed by atoms with van der Waals surface area (Å²) in [6.07, 6.45) is 11.3. The molecular formula is C17H24N4. The first-order valence-electron chi connectivity index (χ1n) is 8.37. The highest BCUT2D eigenvalue weighted by Gasteiger charge is 2.40. The van der Waals surface area contributed by atoms with Gasteiger partial charge in [-0.2, -0.15) is 0 Å². The van der Waals surface area contributed by atoms with E-state index in [0.29, 0.717) is 6.04 Å². The largest absolute Gasteiger partial charge is 0.324 e. The Balaban J connectivity index is 1.89. The molecule has 4 nitrogen and oxygen atoms in total. The summed E-state index contributed by atoms with van der Waals surface area (Å²) in [6, 6.07) is 2.82. The Morgan fingerprint density at radius 1 is 1.33 bits per heavy atom. The van der Waals surface area contributed by atoms with Gasteiger partial charge in [0.05, 0.1) is 11.7 Å². The van der Waals surface area contributed by atoms with Gasteiger partial charge in [-0.05, 0) is 51.3 Å². The third-order valence-corrected chi connectivity index (χ3v) is 5.17. The third-order valence-electron chi connectivity index (χ3n) is 5.17. The van der Waals surface area contributed by atoms with Crippen LogP contribution in [0.3, 0.4) is 0 Å². The third kappa shape index (κ3) is 2.16. The molecule has 2 aromatic rings. The van der Waals surface area contributed by atoms with Gasteiger partial charge >= 0.3 is 0 Å². The van der Waals surface area contributed by atoms with Crippen molar-refractivity contribution in [3.8, 4) is 0 Å². The number of hydrogen-bond donors (Lipinski definition) is 1. The van der Waals surface area contributed by atoms with Crippen molar-refractivity contribution in [2.45, 2.75) is 56.9 Å². The SMILES string of the molecule is CCCC1(c2nc3cnccc3n2C2CC2)CCNCC1. The highest BCUT2D eigenvalue weighted by Crippen LogP contribution is 2.45. The summed E-state index contributed by atoms with van der Waals surface area (Å²) >= 11 is 0. The van der Waals surface area contributed by atoms with Gasteiger partial charge in [0.1, 0.15) is 11.3 Å². The molecule has 21 heavy (non-hydrogen) atoms. The lowest BCUT2D eigenvalue weighted by molar-refractivity contribution is 0.263. The number of nitrogens with one attached hydrogen (secondary N) is 1. The molecule has 1 aliphatic carbocycles. The van der Waals surface area contributed by atoms with E-state index in [1.54, 1.807) is 0 Å². The maximum absolute atomic E-state index is 5.06. The summed E-state index contributed by atoms with van der Waals surface area (Å²) in [7, 11) is 0. The minimum atomic E-state index is 0.265. The Kier molecular flexibility index (Phi) is 3.21. The first kappa shape index (κ1) is 13.3. The van der Waals surface area contributed by atoms with Gasteiger partial charge in [0.25, 0.3) is 0 Å². The Morgan fingerprint density at radius 3 is 2.86 bits per heavy atom. The van der Waals surface area contributed by atoms with Gasteiger partial charge < -0.3 is 9.88 Å². The fraction of sp³-hybridized carbons (Fsp3) is 0.647. The predicted molar refractivity (Wildman–Crippen MR) is 84.5 cm³/mol. The minimum Gasteiger partial charge on any atom is -0.324 e. The molecule has 3 heterocycles. The van der Waals surface area contributed by atoms with E-state index in [0.717, 1.165) is 18.6 Å². The van der Waals surface area contributed by atoms with Crippen LogP contribution in [0, 0.1) is 0 Å². The second-order valence-electron chi connectivity index (χ2n) is 6.68. The molecule has 0 radical (unpaired) electrons. The molecule has 1 aliphatic heterocycles. The van der Waals surface area contributed by atoms with E-state index in [-0.39, 0.29) is 5.41 Å². The van der Waals surface area contributed by atoms with Crippen LogP contribution in [0.2, 0.25) is 0 Å². The number of rotatable bonds is 4. The molecule has 0 spiro atoms. The zero-order valence-electron chi connectivity index (χ0n) is 12.8. The Bertz CT molecular complexity index is 630. The lowest BCUT2D eigenvalue weighted by Crippen LogP contribution is -2.41. The molecule has 2 fully saturated rings. The van der Waals surface area contributed by atoms with Crippen molar-refractivity contribution in [1.82, 2.24) is 19.9 Å². The van der Waals surface area contributed by atoms with Crippen molar-refractivity contribution >= 4 is 11.0 Å². The number of pyridine rings is 1. The summed E-state index contributed by atoms with van der Waals surface area (Å²) < 4.78 is 2.55. The van der Waals surface area contributed by atoms with Crippen LogP contribution in [-0.4, -0.2) is 27.6 Å². The van der Waals surface area contributed by atoms with Crippen LogP contribution in [0.1, 0.15) is 57.3 Å². The maximum atomic E-state index is 5.06. The molecule has 0 amide bonds. The minimum absolute atomic E-state index is 0.265. The summed E-state index contributed by atoms with van der Waals surface area (Å²) in [5.74, 6) is 1.34. The molecule has 2 aromatic heterocycles. The van der Waals surface area contributed by atoms with Gasteiger partial charge in [0.15, 0.2) is 0 Å². The molecule has 0 unspecified atom stereocenters. The number of piperidine rings is 1. The lowest BCUT2D eigenvalue weighted by atomic mass is 9.74. The van der Waals surface area contributed by atoms with E-state index < -0.39 is 0 Å². The second-order valence-corrected chi connectivity index (χ2v) is 6.68. The molecule has 0 atom stereocenters. The Morgan fingerprint density at radius 2 is 2.14 bits per heavy atom. The summed E-state index contributed by atoms with van der Waals surface area (Å²) in [4.78, 5) is 9.33. The van der Waals surface area contributed by atoms with Crippen molar-refractivity contribution in [3.05, 3.63) is 24.3 Å². The van der Waals surface area contributed by atoms with E-state index in [1.807, 2.05) is 12.4 Å². The molecule has 0 aromatic carbocycles. The molecule has 112 valence electrons. The number of nitrogens with zero attached hydrogens (tertiary/aromatic N) is 3. The first-order valence-corrected chi connectivity index (χ1v) is 8.37. The Hall–Kier alpha value is -1.42. The zero-order chi connectivity index (χ0) is 14.3. The van der Waals surface area contributed by atoms with Crippen molar-refractivity contribution in [3.63, 3.8) is 0 Å². The maximum Gasteiger partial charge on any atom is 0.116 e. The van der Waals surface area contributed by atoms with Crippen LogP contribution in [0.5, 0.6) is 0 Å². The van der Waals surface area contributed by atoms with Gasteiger partial charge in [-0.1, -0.05) is 13.3 Å². The molecule has 4 rings (SSSR count). The highest BCUT2D eigenvalue weighted by molar-refractivity contribution is 5.75. The summed E-state index contributed by atoms with van der Waals surface area (Å²) in [6.45, 7) is 4.54. The smallest absolute Gasteiger partial charge is 0.116 e. The second kappa shape index (κ2) is 5.09. The highest BCUT2D eigenvalue weighted by atomic mass is 15.1. The van der Waals surface area contributed by atoms with Crippen LogP contribution in [0.4, 0.5) is 0 Å². The first-order chi connectivity index (χ1) is 10.3. The van der Waals surface area contributed by atoms with E-state index in [1.165, 1.54) is 49.9 Å². The van der Waals surface area contributed by atoms with Gasteiger partial charge in [-0.3, -0.25) is 4.98 Å². The van der Waals surface area contributed by atoms with Crippen molar-refractivity contribution in [2.24, 2.45) is 0 Å². The standard InChI is InChI=1S/C17H24N4/c1-2-6-17(7-10-18-11-8-17)16-20-14-12-19-9-5-15(14)21(16)13-3-4-13/h5,9,12-13,18H,2-4,6-8,10-11H2,1H3. The number of aromatic nitrogens is 3. The molecule has 4 heteroatoms. The van der Waals surface area contributed by atoms with Crippen LogP contribution in [0.15, 0.2) is 18.5 Å². The predicted octanol–water partition coefficient (Wildman–Crippen LogP) is 3.19. The van der Waals surface area contributed by atoms with Crippen molar-refractivity contribution in [2.75, 3.05) is 13.1 Å². The summed E-state index contributed by atoms with van der Waals surface area (Å²) in [5.41, 5.74) is 2.63. The quantitative estimate of drug-likeness (QED) is 0.937. The van der Waals surface area contributed by atoms with Gasteiger partial charge in [0.2, 0.25) is 0 Å². The number of hydrogen-bond acceptors (Lipinski definition) is 3. The topological polar surface area (TPSA) is 42.7 Å². The average Bonchev–Trinajstić information content (AvgIpc) is 3.28. The Labute approximate surface area is 126 Å². The van der Waals surface area contributed by atoms with Gasteiger partial charge in [-0.15, -0.1) is 0 Å². The molecule has 1 N–H and O–H groups in total. The molecule has 2 aliphatic rings. The van der Waals surface area contributed by atoms with Crippen LogP contribution in [0.25, 0.3) is 11.0 Å².